The standard InChI is InChI=1S/C10H8Cl3F3N2O2/c11-5-1-2-6(8(13)7(5)12)18-17-3-4(9(19)20)10(14,15)16/h1-2,4,17-18H,3H2,(H,19,20). The van der Waals surface area contributed by atoms with Gasteiger partial charge < -0.3 is 10.5 Å². The number of anilines is 1. The van der Waals surface area contributed by atoms with Crippen molar-refractivity contribution in [2.24, 2.45) is 5.92 Å². The molecule has 20 heavy (non-hydrogen) atoms. The fraction of sp³-hybridized carbons (Fsp3) is 0.300. The molecule has 0 fully saturated rings. The highest BCUT2D eigenvalue weighted by molar-refractivity contribution is 6.49. The second-order valence-corrected chi connectivity index (χ2v) is 4.82. The van der Waals surface area contributed by atoms with Crippen molar-refractivity contribution in [1.82, 2.24) is 5.43 Å². The van der Waals surface area contributed by atoms with E-state index in [9.17, 15) is 18.0 Å². The number of halogens is 6. The largest absolute Gasteiger partial charge is 0.481 e. The summed E-state index contributed by atoms with van der Waals surface area (Å²) in [4.78, 5) is 10.5. The van der Waals surface area contributed by atoms with Gasteiger partial charge >= 0.3 is 12.1 Å². The van der Waals surface area contributed by atoms with Crippen molar-refractivity contribution >= 4 is 46.5 Å². The lowest BCUT2D eigenvalue weighted by Crippen LogP contribution is -2.40. The van der Waals surface area contributed by atoms with Gasteiger partial charge in [0.1, 0.15) is 0 Å². The Hall–Kier alpha value is -0.890. The van der Waals surface area contributed by atoms with Crippen LogP contribution >= 0.6 is 34.8 Å². The molecule has 10 heteroatoms. The molecule has 112 valence electrons. The first kappa shape index (κ1) is 17.2. The van der Waals surface area contributed by atoms with Gasteiger partial charge in [0.15, 0.2) is 5.92 Å². The van der Waals surface area contributed by atoms with Gasteiger partial charge in [0.2, 0.25) is 0 Å². The number of hydrogen-bond acceptors (Lipinski definition) is 3. The molecule has 0 aliphatic heterocycles. The minimum atomic E-state index is -4.86. The molecular weight excluding hydrogens is 343 g/mol. The first-order chi connectivity index (χ1) is 9.14. The Labute approximate surface area is 126 Å². The molecule has 0 spiro atoms. The molecule has 1 atom stereocenters. The molecular formula is C10H8Cl3F3N2O2. The lowest BCUT2D eigenvalue weighted by molar-refractivity contribution is -0.192. The lowest BCUT2D eigenvalue weighted by Gasteiger charge is -2.18. The third-order valence-electron chi connectivity index (χ3n) is 2.26. The zero-order valence-electron chi connectivity index (χ0n) is 9.56. The maximum absolute atomic E-state index is 12.4. The molecule has 1 unspecified atom stereocenters. The smallest absolute Gasteiger partial charge is 0.403 e. The Morgan fingerprint density at radius 1 is 1.25 bits per heavy atom. The maximum Gasteiger partial charge on any atom is 0.403 e. The summed E-state index contributed by atoms with van der Waals surface area (Å²) in [6, 6.07) is 2.77. The first-order valence-corrected chi connectivity index (χ1v) is 6.20. The van der Waals surface area contributed by atoms with E-state index in [1.807, 2.05) is 0 Å². The molecule has 0 bridgehead atoms. The Balaban J connectivity index is 2.69. The minimum absolute atomic E-state index is 0.00514. The summed E-state index contributed by atoms with van der Waals surface area (Å²) in [6.07, 6.45) is -4.86. The van der Waals surface area contributed by atoms with Crippen LogP contribution in [0.5, 0.6) is 0 Å². The van der Waals surface area contributed by atoms with E-state index >= 15 is 0 Å². The molecule has 1 aromatic rings. The van der Waals surface area contributed by atoms with E-state index in [2.05, 4.69) is 10.9 Å². The van der Waals surface area contributed by atoms with Crippen molar-refractivity contribution in [1.29, 1.82) is 0 Å². The van der Waals surface area contributed by atoms with Crippen molar-refractivity contribution in [3.8, 4) is 0 Å². The molecule has 0 radical (unpaired) electrons. The van der Waals surface area contributed by atoms with Gasteiger partial charge in [-0.25, -0.2) is 5.43 Å². The van der Waals surface area contributed by atoms with E-state index in [4.69, 9.17) is 39.9 Å². The van der Waals surface area contributed by atoms with Crippen LogP contribution in [-0.4, -0.2) is 23.8 Å². The van der Waals surface area contributed by atoms with Crippen LogP contribution in [0.2, 0.25) is 15.1 Å². The van der Waals surface area contributed by atoms with Crippen molar-refractivity contribution in [3.63, 3.8) is 0 Å². The van der Waals surface area contributed by atoms with Gasteiger partial charge in [-0.2, -0.15) is 13.2 Å². The topological polar surface area (TPSA) is 61.4 Å². The fourth-order valence-corrected chi connectivity index (χ4v) is 1.80. The van der Waals surface area contributed by atoms with Gasteiger partial charge in [-0.15, -0.1) is 0 Å². The number of benzene rings is 1. The normalized spacial score (nSPS) is 13.1. The zero-order chi connectivity index (χ0) is 15.5. The van der Waals surface area contributed by atoms with Crippen LogP contribution in [0.4, 0.5) is 18.9 Å². The first-order valence-electron chi connectivity index (χ1n) is 5.06. The van der Waals surface area contributed by atoms with Gasteiger partial charge in [0, 0.05) is 6.54 Å². The predicted molar refractivity (Wildman–Crippen MR) is 70.3 cm³/mol. The summed E-state index contributed by atoms with van der Waals surface area (Å²) in [5, 5.41) is 8.71. The molecule has 1 rings (SSSR count). The van der Waals surface area contributed by atoms with Crippen LogP contribution in [0.1, 0.15) is 0 Å². The summed E-state index contributed by atoms with van der Waals surface area (Å²) in [6.45, 7) is -0.880. The quantitative estimate of drug-likeness (QED) is 0.557. The molecule has 4 nitrogen and oxygen atoms in total. The predicted octanol–water partition coefficient (Wildman–Crippen LogP) is 3.83. The lowest BCUT2D eigenvalue weighted by atomic mass is 10.1. The van der Waals surface area contributed by atoms with E-state index in [-0.39, 0.29) is 20.8 Å². The Bertz CT molecular complexity index is 511. The number of alkyl halides is 3. The number of nitrogens with one attached hydrogen (secondary N) is 2. The van der Waals surface area contributed by atoms with E-state index in [1.165, 1.54) is 12.1 Å². The van der Waals surface area contributed by atoms with Gasteiger partial charge in [0.05, 0.1) is 20.8 Å². The van der Waals surface area contributed by atoms with Crippen LogP contribution in [0.15, 0.2) is 12.1 Å². The Morgan fingerprint density at radius 2 is 1.85 bits per heavy atom. The van der Waals surface area contributed by atoms with E-state index < -0.39 is 24.6 Å². The average Bonchev–Trinajstić information content (AvgIpc) is 2.32. The highest BCUT2D eigenvalue weighted by Gasteiger charge is 2.44. The van der Waals surface area contributed by atoms with E-state index in [0.717, 1.165) is 0 Å². The molecule has 1 aromatic carbocycles. The van der Waals surface area contributed by atoms with E-state index in [1.54, 1.807) is 0 Å². The molecule has 0 amide bonds. The van der Waals surface area contributed by atoms with Crippen molar-refractivity contribution in [2.75, 3.05) is 12.0 Å². The van der Waals surface area contributed by atoms with Crippen LogP contribution in [0, 0.1) is 5.92 Å². The highest BCUT2D eigenvalue weighted by Crippen LogP contribution is 2.35. The number of carboxylic acids is 1. The number of aliphatic carboxylic acids is 1. The summed E-state index contributed by atoms with van der Waals surface area (Å²) in [7, 11) is 0. The van der Waals surface area contributed by atoms with Crippen LogP contribution in [0.25, 0.3) is 0 Å². The Morgan fingerprint density at radius 3 is 2.35 bits per heavy atom. The third-order valence-corrected chi connectivity index (χ3v) is 3.55. The molecule has 0 heterocycles. The van der Waals surface area contributed by atoms with Gasteiger partial charge in [-0.1, -0.05) is 34.8 Å². The molecule has 3 N–H and O–H groups in total. The average molecular weight is 352 g/mol. The monoisotopic (exact) mass is 350 g/mol. The number of carbonyl (C=O) groups is 1. The van der Waals surface area contributed by atoms with Crippen molar-refractivity contribution < 1.29 is 23.1 Å². The van der Waals surface area contributed by atoms with Crippen LogP contribution < -0.4 is 10.9 Å². The number of rotatable bonds is 5. The molecule has 0 saturated carbocycles. The molecule has 0 aliphatic carbocycles. The summed E-state index contributed by atoms with van der Waals surface area (Å²) in [5.74, 6) is -4.52. The summed E-state index contributed by atoms with van der Waals surface area (Å²) >= 11 is 17.2. The fourth-order valence-electron chi connectivity index (χ4n) is 1.21. The van der Waals surface area contributed by atoms with Gasteiger partial charge in [-0.05, 0) is 12.1 Å². The second-order valence-electron chi connectivity index (χ2n) is 3.66. The van der Waals surface area contributed by atoms with E-state index in [0.29, 0.717) is 0 Å². The van der Waals surface area contributed by atoms with Gasteiger partial charge in [-0.3, -0.25) is 4.79 Å². The van der Waals surface area contributed by atoms with Crippen LogP contribution in [0.3, 0.4) is 0 Å². The molecule has 0 saturated heterocycles. The maximum atomic E-state index is 12.4. The summed E-state index contributed by atoms with van der Waals surface area (Å²) < 4.78 is 37.1. The highest BCUT2D eigenvalue weighted by atomic mass is 35.5. The van der Waals surface area contributed by atoms with Gasteiger partial charge in [0.25, 0.3) is 0 Å². The number of carboxylic acid groups (broad SMARTS) is 1. The third kappa shape index (κ3) is 4.31. The van der Waals surface area contributed by atoms with Crippen molar-refractivity contribution in [3.05, 3.63) is 27.2 Å². The van der Waals surface area contributed by atoms with Crippen molar-refractivity contribution in [2.45, 2.75) is 6.18 Å². The number of hydrogen-bond donors (Lipinski definition) is 3. The summed E-state index contributed by atoms with van der Waals surface area (Å²) in [5.41, 5.74) is 4.66. The second kappa shape index (κ2) is 6.71. The molecule has 0 aromatic heterocycles. The van der Waals surface area contributed by atoms with Crippen LogP contribution in [-0.2, 0) is 4.79 Å². The molecule has 0 aliphatic rings. The SMILES string of the molecule is O=C(O)C(CNNc1ccc(Cl)c(Cl)c1Cl)C(F)(F)F. The zero-order valence-corrected chi connectivity index (χ0v) is 11.8. The minimum Gasteiger partial charge on any atom is -0.481 e. The Kier molecular flexibility index (Phi) is 5.76. The number of hydrazine groups is 1.